The third-order valence-corrected chi connectivity index (χ3v) is 10.8. The highest BCUT2D eigenvalue weighted by atomic mass is 15.2. The molecular formula is C44H54N2. The Labute approximate surface area is 279 Å². The molecule has 0 bridgehead atoms. The molecule has 46 heavy (non-hydrogen) atoms. The van der Waals surface area contributed by atoms with E-state index < -0.39 is 0 Å². The molecule has 1 atom stereocenters. The van der Waals surface area contributed by atoms with Crippen LogP contribution >= 0.6 is 0 Å². The first-order valence-corrected chi connectivity index (χ1v) is 17.9. The molecule has 0 saturated carbocycles. The van der Waals surface area contributed by atoms with Gasteiger partial charge in [0.25, 0.3) is 0 Å². The number of para-hydroxylation sites is 2. The van der Waals surface area contributed by atoms with Crippen molar-refractivity contribution >= 4 is 16.9 Å². The van der Waals surface area contributed by atoms with Gasteiger partial charge in [0.05, 0.1) is 6.04 Å². The number of nitrogens with zero attached hydrogens (tertiary/aromatic N) is 2. The maximum Gasteiger partial charge on any atom is 0.0568 e. The van der Waals surface area contributed by atoms with Crippen molar-refractivity contribution in [2.75, 3.05) is 22.9 Å². The summed E-state index contributed by atoms with van der Waals surface area (Å²) in [6.45, 7) is 16.4. The van der Waals surface area contributed by atoms with Crippen LogP contribution in [0.4, 0.5) is 11.4 Å². The number of fused-ring (bicyclic) bond motifs is 2. The molecule has 3 aliphatic rings. The zero-order chi connectivity index (χ0) is 32.3. The second-order valence-corrected chi connectivity index (χ2v) is 14.6. The third kappa shape index (κ3) is 5.92. The fourth-order valence-corrected chi connectivity index (χ4v) is 8.22. The summed E-state index contributed by atoms with van der Waals surface area (Å²) in [7, 11) is 0. The SMILES string of the molecule is CCCCN1C(=CC=C2CCCC(C=CC3N(CCCC)c4ccccc4C3(C)C)=C2c2ccccc2)C(C)(C)c2ccccc21. The molecule has 2 heteroatoms. The van der Waals surface area contributed by atoms with E-state index in [1.54, 1.807) is 0 Å². The van der Waals surface area contributed by atoms with Crippen LogP contribution in [-0.4, -0.2) is 19.1 Å². The van der Waals surface area contributed by atoms with Crippen LogP contribution in [0.15, 0.2) is 120 Å². The molecule has 0 amide bonds. The van der Waals surface area contributed by atoms with Crippen molar-refractivity contribution in [3.63, 3.8) is 0 Å². The van der Waals surface area contributed by atoms with Crippen molar-refractivity contribution in [1.29, 1.82) is 0 Å². The van der Waals surface area contributed by atoms with Gasteiger partial charge in [0.2, 0.25) is 0 Å². The summed E-state index contributed by atoms with van der Waals surface area (Å²) in [4.78, 5) is 5.27. The topological polar surface area (TPSA) is 6.48 Å². The zero-order valence-electron chi connectivity index (χ0n) is 29.2. The molecule has 2 aliphatic heterocycles. The van der Waals surface area contributed by atoms with Gasteiger partial charge in [0, 0.05) is 41.0 Å². The van der Waals surface area contributed by atoms with Crippen LogP contribution in [0.1, 0.15) is 103 Å². The number of allylic oxidation sites excluding steroid dienone is 7. The Morgan fingerprint density at radius 1 is 0.717 bits per heavy atom. The summed E-state index contributed by atoms with van der Waals surface area (Å²) < 4.78 is 0. The molecule has 0 saturated heterocycles. The van der Waals surface area contributed by atoms with E-state index in [0.717, 1.165) is 25.9 Å². The number of anilines is 2. The van der Waals surface area contributed by atoms with E-state index in [1.165, 1.54) is 82.6 Å². The minimum Gasteiger partial charge on any atom is -0.364 e. The number of rotatable bonds is 10. The van der Waals surface area contributed by atoms with E-state index in [-0.39, 0.29) is 10.8 Å². The molecule has 0 aromatic heterocycles. The molecule has 2 heterocycles. The van der Waals surface area contributed by atoms with E-state index in [4.69, 9.17) is 0 Å². The van der Waals surface area contributed by atoms with E-state index in [9.17, 15) is 0 Å². The summed E-state index contributed by atoms with van der Waals surface area (Å²) >= 11 is 0. The van der Waals surface area contributed by atoms with Crippen LogP contribution in [0.25, 0.3) is 5.57 Å². The van der Waals surface area contributed by atoms with Gasteiger partial charge in [0.15, 0.2) is 0 Å². The van der Waals surface area contributed by atoms with Gasteiger partial charge in [-0.2, -0.15) is 0 Å². The largest absolute Gasteiger partial charge is 0.364 e. The van der Waals surface area contributed by atoms with E-state index in [1.807, 2.05) is 0 Å². The summed E-state index contributed by atoms with van der Waals surface area (Å²) in [5, 5.41) is 0. The summed E-state index contributed by atoms with van der Waals surface area (Å²) in [5.41, 5.74) is 12.9. The standard InChI is InChI=1S/C44H54N2/c1-7-9-31-45-38-25-16-14-23-36(38)43(3,4)40(45)29-27-34-21-18-22-35(42(34)33-19-12-11-13-20-33)28-30-41-44(5,6)37-24-15-17-26-39(37)46(41)32-10-8-2/h11-17,19-20,23-30,40H,7-10,18,21-22,31-32H2,1-6H3. The Bertz CT molecular complexity index is 1650. The first-order valence-electron chi connectivity index (χ1n) is 17.9. The van der Waals surface area contributed by atoms with Gasteiger partial charge in [-0.15, -0.1) is 0 Å². The molecule has 0 spiro atoms. The Morgan fingerprint density at radius 2 is 1.37 bits per heavy atom. The Balaban J connectivity index is 1.42. The number of benzene rings is 3. The Kier molecular flexibility index (Phi) is 9.46. The lowest BCUT2D eigenvalue weighted by Gasteiger charge is -2.33. The summed E-state index contributed by atoms with van der Waals surface area (Å²) in [5.74, 6) is 0. The lowest BCUT2D eigenvalue weighted by Crippen LogP contribution is -2.40. The molecule has 2 nitrogen and oxygen atoms in total. The van der Waals surface area contributed by atoms with Crippen molar-refractivity contribution in [3.05, 3.63) is 137 Å². The number of hydrogen-bond acceptors (Lipinski definition) is 2. The Hall–Kier alpha value is -3.78. The van der Waals surface area contributed by atoms with Gasteiger partial charge in [0.1, 0.15) is 0 Å². The van der Waals surface area contributed by atoms with E-state index >= 15 is 0 Å². The molecule has 1 aliphatic carbocycles. The molecule has 0 fully saturated rings. The Morgan fingerprint density at radius 3 is 2.11 bits per heavy atom. The molecule has 0 N–H and O–H groups in total. The lowest BCUT2D eigenvalue weighted by atomic mass is 9.79. The van der Waals surface area contributed by atoms with Crippen LogP contribution in [0, 0.1) is 0 Å². The fraction of sp³-hybridized carbons (Fsp3) is 0.409. The summed E-state index contributed by atoms with van der Waals surface area (Å²) in [6, 6.07) is 29.6. The quantitative estimate of drug-likeness (QED) is 0.225. The van der Waals surface area contributed by atoms with Gasteiger partial charge >= 0.3 is 0 Å². The first-order chi connectivity index (χ1) is 22.3. The van der Waals surface area contributed by atoms with Crippen LogP contribution < -0.4 is 9.80 Å². The van der Waals surface area contributed by atoms with Crippen LogP contribution in [0.2, 0.25) is 0 Å². The fourth-order valence-electron chi connectivity index (χ4n) is 8.22. The summed E-state index contributed by atoms with van der Waals surface area (Å²) in [6.07, 6.45) is 18.2. The van der Waals surface area contributed by atoms with Gasteiger partial charge in [-0.3, -0.25) is 0 Å². The lowest BCUT2D eigenvalue weighted by molar-refractivity contribution is 0.471. The zero-order valence-corrected chi connectivity index (χ0v) is 29.2. The van der Waals surface area contributed by atoms with Crippen molar-refractivity contribution in [3.8, 4) is 0 Å². The van der Waals surface area contributed by atoms with Gasteiger partial charge in [-0.1, -0.05) is 139 Å². The smallest absolute Gasteiger partial charge is 0.0568 e. The maximum absolute atomic E-state index is 2.67. The van der Waals surface area contributed by atoms with Crippen molar-refractivity contribution in [2.45, 2.75) is 103 Å². The van der Waals surface area contributed by atoms with Crippen LogP contribution in [0.5, 0.6) is 0 Å². The maximum atomic E-state index is 2.67. The number of hydrogen-bond donors (Lipinski definition) is 0. The number of unbranched alkanes of at least 4 members (excludes halogenated alkanes) is 2. The predicted octanol–water partition coefficient (Wildman–Crippen LogP) is 11.6. The van der Waals surface area contributed by atoms with Gasteiger partial charge in [-0.05, 0) is 83.7 Å². The normalized spacial score (nSPS) is 21.9. The second-order valence-electron chi connectivity index (χ2n) is 14.6. The monoisotopic (exact) mass is 610 g/mol. The first kappa shape index (κ1) is 32.2. The van der Waals surface area contributed by atoms with E-state index in [0.29, 0.717) is 6.04 Å². The minimum atomic E-state index is -0.0274. The van der Waals surface area contributed by atoms with Crippen molar-refractivity contribution in [2.24, 2.45) is 0 Å². The van der Waals surface area contributed by atoms with Crippen LogP contribution in [-0.2, 0) is 10.8 Å². The second kappa shape index (κ2) is 13.5. The molecular weight excluding hydrogens is 556 g/mol. The minimum absolute atomic E-state index is 0.0274. The van der Waals surface area contributed by atoms with Gasteiger partial charge in [-0.25, -0.2) is 0 Å². The average molecular weight is 611 g/mol. The predicted molar refractivity (Wildman–Crippen MR) is 200 cm³/mol. The highest BCUT2D eigenvalue weighted by Crippen LogP contribution is 2.49. The average Bonchev–Trinajstić information content (AvgIpc) is 3.42. The highest BCUT2D eigenvalue weighted by Gasteiger charge is 2.43. The van der Waals surface area contributed by atoms with Crippen LogP contribution in [0.3, 0.4) is 0 Å². The highest BCUT2D eigenvalue weighted by molar-refractivity contribution is 5.84. The molecule has 240 valence electrons. The molecule has 3 aromatic rings. The molecule has 1 unspecified atom stereocenters. The van der Waals surface area contributed by atoms with Gasteiger partial charge < -0.3 is 9.80 Å². The molecule has 6 rings (SSSR count). The van der Waals surface area contributed by atoms with Crippen molar-refractivity contribution in [1.82, 2.24) is 0 Å². The van der Waals surface area contributed by atoms with Crippen molar-refractivity contribution < 1.29 is 0 Å². The third-order valence-electron chi connectivity index (χ3n) is 10.8. The van der Waals surface area contributed by atoms with E-state index in [2.05, 4.69) is 155 Å². The molecule has 3 aromatic carbocycles. The molecule has 0 radical (unpaired) electrons.